The Morgan fingerprint density at radius 1 is 0.412 bits per heavy atom. The summed E-state index contributed by atoms with van der Waals surface area (Å²) in [6.07, 6.45) is 0. The molecule has 3 rings (SSSR count). The van der Waals surface area contributed by atoms with Crippen molar-refractivity contribution in [3.63, 3.8) is 0 Å². The molecule has 0 saturated heterocycles. The Bertz CT molecular complexity index is 1140. The number of aromatic hydroxyl groups is 4. The predicted octanol–water partition coefficient (Wildman–Crippen LogP) is 7.74. The average Bonchev–Trinajstić information content (AvgIpc) is 2.69. The standard InChI is InChI=1S/C30H38O4/c1-28(2,3)21-11-17(19-13-22(29(4,5)6)26(33)24(31)15-19)10-18(12-21)20-14-23(30(7,8)9)27(34)25(32)16-20/h10-16,31-34H,1-9H3. The number of phenols is 4. The van der Waals surface area contributed by atoms with Gasteiger partial charge in [0.1, 0.15) is 0 Å². The van der Waals surface area contributed by atoms with Crippen molar-refractivity contribution in [3.05, 3.63) is 59.2 Å². The van der Waals surface area contributed by atoms with Crippen molar-refractivity contribution in [2.24, 2.45) is 0 Å². The molecule has 0 radical (unpaired) electrons. The molecule has 0 heterocycles. The van der Waals surface area contributed by atoms with Gasteiger partial charge in [-0.2, -0.15) is 0 Å². The summed E-state index contributed by atoms with van der Waals surface area (Å²) in [5, 5.41) is 42.0. The molecule has 4 nitrogen and oxygen atoms in total. The molecule has 0 amide bonds. The average molecular weight is 463 g/mol. The first-order valence-corrected chi connectivity index (χ1v) is 11.7. The third-order valence-electron chi connectivity index (χ3n) is 6.26. The van der Waals surface area contributed by atoms with Crippen LogP contribution in [0, 0.1) is 0 Å². The van der Waals surface area contributed by atoms with E-state index in [0.29, 0.717) is 11.1 Å². The van der Waals surface area contributed by atoms with Gasteiger partial charge in [-0.3, -0.25) is 0 Å². The number of benzene rings is 3. The maximum absolute atomic E-state index is 10.5. The molecule has 182 valence electrons. The van der Waals surface area contributed by atoms with Gasteiger partial charge in [0, 0.05) is 11.1 Å². The van der Waals surface area contributed by atoms with E-state index in [1.54, 1.807) is 12.1 Å². The molecule has 0 bridgehead atoms. The third kappa shape index (κ3) is 5.01. The molecule has 0 aliphatic carbocycles. The van der Waals surface area contributed by atoms with E-state index in [2.05, 4.69) is 32.9 Å². The van der Waals surface area contributed by atoms with Crippen LogP contribution in [0.1, 0.15) is 79.0 Å². The molecule has 34 heavy (non-hydrogen) atoms. The molecule has 0 atom stereocenters. The van der Waals surface area contributed by atoms with Gasteiger partial charge in [0.15, 0.2) is 23.0 Å². The maximum atomic E-state index is 10.5. The fourth-order valence-corrected chi connectivity index (χ4v) is 4.11. The fourth-order valence-electron chi connectivity index (χ4n) is 4.11. The molecule has 0 saturated carbocycles. The minimum atomic E-state index is -0.355. The van der Waals surface area contributed by atoms with Crippen molar-refractivity contribution in [3.8, 4) is 45.3 Å². The van der Waals surface area contributed by atoms with Gasteiger partial charge in [-0.05, 0) is 74.4 Å². The second kappa shape index (κ2) is 8.26. The van der Waals surface area contributed by atoms with Crippen LogP contribution >= 0.6 is 0 Å². The highest BCUT2D eigenvalue weighted by Gasteiger charge is 2.25. The van der Waals surface area contributed by atoms with E-state index in [1.807, 2.05) is 59.7 Å². The van der Waals surface area contributed by atoms with Crippen LogP contribution in [-0.4, -0.2) is 20.4 Å². The van der Waals surface area contributed by atoms with E-state index >= 15 is 0 Å². The Labute approximate surface area is 203 Å². The summed E-state index contributed by atoms with van der Waals surface area (Å²) in [5.41, 5.74) is 4.96. The Balaban J connectivity index is 2.33. The largest absolute Gasteiger partial charge is 0.504 e. The van der Waals surface area contributed by atoms with E-state index in [-0.39, 0.29) is 39.2 Å². The highest BCUT2D eigenvalue weighted by molar-refractivity contribution is 5.78. The van der Waals surface area contributed by atoms with Crippen LogP contribution in [-0.2, 0) is 16.2 Å². The zero-order valence-corrected chi connectivity index (χ0v) is 21.8. The van der Waals surface area contributed by atoms with Gasteiger partial charge < -0.3 is 20.4 Å². The molecule has 4 heteroatoms. The minimum absolute atomic E-state index is 0.0956. The first kappa shape index (κ1) is 25.5. The van der Waals surface area contributed by atoms with Crippen LogP contribution in [0.15, 0.2) is 42.5 Å². The molecular weight excluding hydrogens is 424 g/mol. The highest BCUT2D eigenvalue weighted by atomic mass is 16.3. The molecule has 0 unspecified atom stereocenters. The summed E-state index contributed by atoms with van der Waals surface area (Å²) in [6, 6.07) is 13.3. The maximum Gasteiger partial charge on any atom is 0.161 e. The SMILES string of the molecule is CC(C)(C)c1cc(-c2cc(O)c(O)c(C(C)(C)C)c2)cc(-c2cc(O)c(O)c(C(C)(C)C)c2)c1. The van der Waals surface area contributed by atoms with E-state index in [4.69, 9.17) is 0 Å². The second-order valence-corrected chi connectivity index (χ2v) is 12.3. The van der Waals surface area contributed by atoms with Crippen molar-refractivity contribution in [2.45, 2.75) is 78.6 Å². The molecule has 0 aliphatic heterocycles. The molecule has 3 aromatic carbocycles. The quantitative estimate of drug-likeness (QED) is 0.294. The van der Waals surface area contributed by atoms with Gasteiger partial charge in [-0.25, -0.2) is 0 Å². The van der Waals surface area contributed by atoms with Crippen LogP contribution in [0.3, 0.4) is 0 Å². The molecule has 0 aromatic heterocycles. The van der Waals surface area contributed by atoms with Crippen LogP contribution < -0.4 is 0 Å². The monoisotopic (exact) mass is 462 g/mol. The highest BCUT2D eigenvalue weighted by Crippen LogP contribution is 2.44. The van der Waals surface area contributed by atoms with E-state index < -0.39 is 0 Å². The Hall–Kier alpha value is -3.14. The number of rotatable bonds is 2. The van der Waals surface area contributed by atoms with Crippen LogP contribution in [0.25, 0.3) is 22.3 Å². The zero-order chi connectivity index (χ0) is 25.8. The lowest BCUT2D eigenvalue weighted by molar-refractivity contribution is 0.389. The molecule has 0 spiro atoms. The van der Waals surface area contributed by atoms with Crippen molar-refractivity contribution < 1.29 is 20.4 Å². The zero-order valence-electron chi connectivity index (χ0n) is 21.8. The molecule has 3 aromatic rings. The predicted molar refractivity (Wildman–Crippen MR) is 140 cm³/mol. The fraction of sp³-hybridized carbons (Fsp3) is 0.400. The topological polar surface area (TPSA) is 80.9 Å². The smallest absolute Gasteiger partial charge is 0.161 e. The van der Waals surface area contributed by atoms with E-state index in [9.17, 15) is 20.4 Å². The van der Waals surface area contributed by atoms with Gasteiger partial charge in [-0.1, -0.05) is 74.4 Å². The molecule has 4 N–H and O–H groups in total. The molecular formula is C30H38O4. The summed E-state index contributed by atoms with van der Waals surface area (Å²) in [7, 11) is 0. The normalized spacial score (nSPS) is 12.7. The number of hydrogen-bond donors (Lipinski definition) is 4. The van der Waals surface area contributed by atoms with Crippen molar-refractivity contribution >= 4 is 0 Å². The summed E-state index contributed by atoms with van der Waals surface area (Å²) >= 11 is 0. The van der Waals surface area contributed by atoms with Gasteiger partial charge >= 0.3 is 0 Å². The van der Waals surface area contributed by atoms with Crippen molar-refractivity contribution in [1.82, 2.24) is 0 Å². The van der Waals surface area contributed by atoms with E-state index in [0.717, 1.165) is 27.8 Å². The third-order valence-corrected chi connectivity index (χ3v) is 6.26. The van der Waals surface area contributed by atoms with E-state index in [1.165, 1.54) is 0 Å². The first-order valence-electron chi connectivity index (χ1n) is 11.7. The molecule has 0 fully saturated rings. The summed E-state index contributed by atoms with van der Waals surface area (Å²) in [4.78, 5) is 0. The number of hydrogen-bond acceptors (Lipinski definition) is 4. The summed E-state index contributed by atoms with van der Waals surface area (Å²) < 4.78 is 0. The van der Waals surface area contributed by atoms with Gasteiger partial charge in [0.05, 0.1) is 0 Å². The lowest BCUT2D eigenvalue weighted by Crippen LogP contribution is -2.13. The van der Waals surface area contributed by atoms with Crippen LogP contribution in [0.5, 0.6) is 23.0 Å². The minimum Gasteiger partial charge on any atom is -0.504 e. The van der Waals surface area contributed by atoms with Crippen LogP contribution in [0.2, 0.25) is 0 Å². The van der Waals surface area contributed by atoms with Crippen molar-refractivity contribution in [2.75, 3.05) is 0 Å². The van der Waals surface area contributed by atoms with Crippen LogP contribution in [0.4, 0.5) is 0 Å². The molecule has 0 aliphatic rings. The van der Waals surface area contributed by atoms with Gasteiger partial charge in [-0.15, -0.1) is 0 Å². The first-order chi connectivity index (χ1) is 15.4. The lowest BCUT2D eigenvalue weighted by Gasteiger charge is -2.25. The Morgan fingerprint density at radius 2 is 0.735 bits per heavy atom. The second-order valence-electron chi connectivity index (χ2n) is 12.3. The Kier molecular flexibility index (Phi) is 6.19. The Morgan fingerprint density at radius 3 is 1.03 bits per heavy atom. The van der Waals surface area contributed by atoms with Gasteiger partial charge in [0.25, 0.3) is 0 Å². The van der Waals surface area contributed by atoms with Crippen molar-refractivity contribution in [1.29, 1.82) is 0 Å². The number of phenolic OH excluding ortho intramolecular Hbond substituents is 4. The lowest BCUT2D eigenvalue weighted by atomic mass is 9.80. The summed E-state index contributed by atoms with van der Waals surface area (Å²) in [6.45, 7) is 18.4. The summed E-state index contributed by atoms with van der Waals surface area (Å²) in [5.74, 6) is -0.492. The van der Waals surface area contributed by atoms with Gasteiger partial charge in [0.2, 0.25) is 0 Å².